The van der Waals surface area contributed by atoms with Gasteiger partial charge in [-0.1, -0.05) is 65.7 Å². The summed E-state index contributed by atoms with van der Waals surface area (Å²) in [5, 5.41) is 19.3. The van der Waals surface area contributed by atoms with Gasteiger partial charge in [-0.3, -0.25) is 10.2 Å². The monoisotopic (exact) mass is 461 g/mol. The number of rotatable bonds is 3. The number of aryl methyl sites for hydroxylation is 2. The number of anilines is 1. The molecule has 0 fully saturated rings. The first-order chi connectivity index (χ1) is 17.1. The molecule has 172 valence electrons. The Hall–Kier alpha value is -4.59. The molecule has 7 rings (SSSR count). The largest absolute Gasteiger partial charge is 0.345 e. The van der Waals surface area contributed by atoms with Crippen LogP contribution in [0.15, 0.2) is 94.5 Å². The van der Waals surface area contributed by atoms with Crippen molar-refractivity contribution in [1.29, 1.82) is 0 Å². The molecule has 0 bridgehead atoms. The van der Waals surface area contributed by atoms with Crippen LogP contribution in [0.4, 0.5) is 5.69 Å². The molecule has 0 aliphatic carbocycles. The summed E-state index contributed by atoms with van der Waals surface area (Å²) in [5.41, 5.74) is 10.9. The summed E-state index contributed by atoms with van der Waals surface area (Å²) in [5.74, 6) is 1.38. The van der Waals surface area contributed by atoms with Crippen LogP contribution in [0.25, 0.3) is 0 Å². The number of hydrogen-bond donors (Lipinski definition) is 2. The SMILES string of the molecule is Cc1ccc(NC2N3N=C(c4ccc(C)cc4)CC3=C3N4NC(=O)c5ccccc5C4=NN32)cc1. The summed E-state index contributed by atoms with van der Waals surface area (Å²) >= 11 is 0. The van der Waals surface area contributed by atoms with Gasteiger partial charge in [-0.05, 0) is 37.6 Å². The van der Waals surface area contributed by atoms with Gasteiger partial charge in [0.1, 0.15) is 0 Å². The lowest BCUT2D eigenvalue weighted by molar-refractivity contribution is 0.0867. The molecule has 35 heavy (non-hydrogen) atoms. The fourth-order valence-electron chi connectivity index (χ4n) is 4.93. The van der Waals surface area contributed by atoms with E-state index in [1.54, 1.807) is 5.01 Å². The molecule has 1 amide bonds. The van der Waals surface area contributed by atoms with Crippen LogP contribution < -0.4 is 10.7 Å². The van der Waals surface area contributed by atoms with Gasteiger partial charge in [0.25, 0.3) is 5.91 Å². The van der Waals surface area contributed by atoms with Gasteiger partial charge >= 0.3 is 0 Å². The lowest BCUT2D eigenvalue weighted by Crippen LogP contribution is -2.49. The Morgan fingerprint density at radius 1 is 0.857 bits per heavy atom. The van der Waals surface area contributed by atoms with Crippen molar-refractivity contribution in [2.75, 3.05) is 5.32 Å². The number of fused-ring (bicyclic) bond motifs is 6. The van der Waals surface area contributed by atoms with E-state index in [2.05, 4.69) is 73.1 Å². The maximum Gasteiger partial charge on any atom is 0.270 e. The number of allylic oxidation sites excluding steroid dienone is 1. The Morgan fingerprint density at radius 2 is 1.54 bits per heavy atom. The molecule has 4 aliphatic rings. The van der Waals surface area contributed by atoms with Gasteiger partial charge in [-0.25, -0.2) is 15.0 Å². The van der Waals surface area contributed by atoms with Gasteiger partial charge in [0, 0.05) is 17.7 Å². The van der Waals surface area contributed by atoms with Crippen molar-refractivity contribution in [3.63, 3.8) is 0 Å². The van der Waals surface area contributed by atoms with Crippen molar-refractivity contribution < 1.29 is 4.79 Å². The minimum atomic E-state index is -0.368. The lowest BCUT2D eigenvalue weighted by Gasteiger charge is -2.28. The first-order valence-electron chi connectivity index (χ1n) is 11.7. The third kappa shape index (κ3) is 2.96. The van der Waals surface area contributed by atoms with Crippen molar-refractivity contribution in [2.24, 2.45) is 10.2 Å². The molecule has 1 unspecified atom stereocenters. The highest BCUT2D eigenvalue weighted by Gasteiger charge is 2.51. The van der Waals surface area contributed by atoms with Gasteiger partial charge in [-0.15, -0.1) is 5.10 Å². The minimum absolute atomic E-state index is 0.145. The van der Waals surface area contributed by atoms with Gasteiger partial charge in [0.15, 0.2) is 11.7 Å². The molecule has 0 radical (unpaired) electrons. The summed E-state index contributed by atoms with van der Waals surface area (Å²) in [6.45, 7) is 4.15. The van der Waals surface area contributed by atoms with E-state index in [0.717, 1.165) is 34.0 Å². The van der Waals surface area contributed by atoms with Crippen molar-refractivity contribution >= 4 is 23.1 Å². The van der Waals surface area contributed by atoms with E-state index in [1.807, 2.05) is 34.3 Å². The van der Waals surface area contributed by atoms with E-state index < -0.39 is 0 Å². The first kappa shape index (κ1) is 19.8. The van der Waals surface area contributed by atoms with Gasteiger partial charge in [0.2, 0.25) is 6.29 Å². The zero-order valence-corrected chi connectivity index (χ0v) is 19.4. The maximum absolute atomic E-state index is 12.9. The number of nitrogens with zero attached hydrogens (tertiary/aromatic N) is 5. The average Bonchev–Trinajstić information content (AvgIpc) is 3.52. The van der Waals surface area contributed by atoms with E-state index >= 15 is 0 Å². The lowest BCUT2D eigenvalue weighted by atomic mass is 10.0. The first-order valence-corrected chi connectivity index (χ1v) is 11.7. The van der Waals surface area contributed by atoms with Crippen LogP contribution in [0.3, 0.4) is 0 Å². The maximum atomic E-state index is 12.9. The number of hydrazine groups is 1. The van der Waals surface area contributed by atoms with Crippen molar-refractivity contribution in [1.82, 2.24) is 20.5 Å². The third-order valence-corrected chi connectivity index (χ3v) is 6.76. The molecule has 3 aromatic rings. The molecule has 0 saturated carbocycles. The van der Waals surface area contributed by atoms with Gasteiger partial charge in [0.05, 0.1) is 17.0 Å². The predicted octanol–water partition coefficient (Wildman–Crippen LogP) is 3.93. The second-order valence-corrected chi connectivity index (χ2v) is 9.18. The topological polar surface area (TPSA) is 75.6 Å². The zero-order chi connectivity index (χ0) is 23.7. The second kappa shape index (κ2) is 7.20. The standard InChI is InChI=1S/C27H23N7O/c1-16-7-11-18(12-8-16)22-15-23-26-33-24(20-5-3-4-6-21(20)25(35)31-33)30-34(26)27(32(23)29-22)28-19-13-9-17(2)10-14-19/h3-14,27-28H,15H2,1-2H3,(H,31,35). The quantitative estimate of drug-likeness (QED) is 0.618. The summed E-state index contributed by atoms with van der Waals surface area (Å²) in [4.78, 5) is 12.9. The second-order valence-electron chi connectivity index (χ2n) is 9.18. The minimum Gasteiger partial charge on any atom is -0.345 e. The van der Waals surface area contributed by atoms with Gasteiger partial charge < -0.3 is 5.32 Å². The van der Waals surface area contributed by atoms with Crippen LogP contribution in [-0.4, -0.2) is 38.8 Å². The Bertz CT molecular complexity index is 1470. The number of amidine groups is 1. The smallest absolute Gasteiger partial charge is 0.270 e. The number of nitrogens with one attached hydrogen (secondary N) is 2. The fraction of sp³-hybridized carbons (Fsp3) is 0.148. The van der Waals surface area contributed by atoms with Crippen LogP contribution in [0.5, 0.6) is 0 Å². The van der Waals surface area contributed by atoms with E-state index in [9.17, 15) is 4.79 Å². The highest BCUT2D eigenvalue weighted by atomic mass is 16.2. The number of benzene rings is 3. The van der Waals surface area contributed by atoms with E-state index in [-0.39, 0.29) is 12.2 Å². The number of hydrazone groups is 2. The Kier molecular flexibility index (Phi) is 4.08. The number of amides is 1. The number of carbonyl (C=O) groups is 1. The van der Waals surface area contributed by atoms with Crippen molar-refractivity contribution in [3.8, 4) is 0 Å². The van der Waals surface area contributed by atoms with Gasteiger partial charge in [-0.2, -0.15) is 5.10 Å². The number of carbonyl (C=O) groups excluding carboxylic acids is 1. The molecule has 2 N–H and O–H groups in total. The molecule has 0 aromatic heterocycles. The van der Waals surface area contributed by atoms with E-state index in [4.69, 9.17) is 10.2 Å². The molecule has 4 heterocycles. The molecule has 4 aliphatic heterocycles. The zero-order valence-electron chi connectivity index (χ0n) is 19.4. The van der Waals surface area contributed by atoms with Crippen molar-refractivity contribution in [2.45, 2.75) is 26.6 Å². The molecule has 8 heteroatoms. The molecule has 8 nitrogen and oxygen atoms in total. The average molecular weight is 462 g/mol. The Morgan fingerprint density at radius 3 is 2.29 bits per heavy atom. The summed E-state index contributed by atoms with van der Waals surface area (Å²) < 4.78 is 0. The molecule has 0 saturated heterocycles. The molecular weight excluding hydrogens is 438 g/mol. The highest BCUT2D eigenvalue weighted by Crippen LogP contribution is 2.43. The molecular formula is C27H23N7O. The van der Waals surface area contributed by atoms with Crippen LogP contribution in [0.2, 0.25) is 0 Å². The van der Waals surface area contributed by atoms with E-state index in [0.29, 0.717) is 17.8 Å². The molecule has 3 aromatic carbocycles. The molecule has 1 atom stereocenters. The highest BCUT2D eigenvalue weighted by molar-refractivity contribution is 6.14. The Labute approximate surface area is 202 Å². The summed E-state index contributed by atoms with van der Waals surface area (Å²) in [7, 11) is 0. The third-order valence-electron chi connectivity index (χ3n) is 6.76. The fourth-order valence-corrected chi connectivity index (χ4v) is 4.93. The van der Waals surface area contributed by atoms with Crippen LogP contribution in [0.1, 0.15) is 39.0 Å². The van der Waals surface area contributed by atoms with Crippen LogP contribution in [0, 0.1) is 13.8 Å². The molecule has 0 spiro atoms. The summed E-state index contributed by atoms with van der Waals surface area (Å²) in [6.07, 6.45) is 0.269. The van der Waals surface area contributed by atoms with Crippen LogP contribution in [-0.2, 0) is 0 Å². The number of hydrogen-bond acceptors (Lipinski definition) is 7. The predicted molar refractivity (Wildman–Crippen MR) is 134 cm³/mol. The van der Waals surface area contributed by atoms with Crippen LogP contribution >= 0.6 is 0 Å². The Balaban J connectivity index is 1.32. The summed E-state index contributed by atoms with van der Waals surface area (Å²) in [6, 6.07) is 24.3. The van der Waals surface area contributed by atoms with E-state index in [1.165, 1.54) is 11.1 Å². The van der Waals surface area contributed by atoms with Crippen molar-refractivity contribution in [3.05, 3.63) is 112 Å². The normalized spacial score (nSPS) is 19.7.